The Morgan fingerprint density at radius 3 is 2.05 bits per heavy atom. The summed E-state index contributed by atoms with van der Waals surface area (Å²) in [6.07, 6.45) is 1.09. The fourth-order valence-corrected chi connectivity index (χ4v) is 1.99. The Bertz CT molecular complexity index is 765. The molecule has 2 rings (SSSR count). The molecular formula is C17H13NO4. The third kappa shape index (κ3) is 3.09. The van der Waals surface area contributed by atoms with Crippen molar-refractivity contribution in [2.75, 3.05) is 5.32 Å². The van der Waals surface area contributed by atoms with Gasteiger partial charge in [0.1, 0.15) is 0 Å². The van der Waals surface area contributed by atoms with Crippen molar-refractivity contribution in [3.63, 3.8) is 0 Å². The van der Waals surface area contributed by atoms with Gasteiger partial charge in [-0.15, -0.1) is 0 Å². The predicted octanol–water partition coefficient (Wildman–Crippen LogP) is 2.74. The number of ketones is 1. The molecule has 0 aliphatic heterocycles. The van der Waals surface area contributed by atoms with Crippen molar-refractivity contribution in [1.82, 2.24) is 0 Å². The molecule has 2 aromatic carbocycles. The van der Waals surface area contributed by atoms with E-state index in [1.807, 2.05) is 0 Å². The number of carbonyl (C=O) groups is 3. The Hall–Kier alpha value is -3.21. The van der Waals surface area contributed by atoms with Crippen LogP contribution >= 0.6 is 0 Å². The summed E-state index contributed by atoms with van der Waals surface area (Å²) in [5, 5.41) is 11.7. The van der Waals surface area contributed by atoms with Crippen molar-refractivity contribution in [3.8, 4) is 0 Å². The summed E-state index contributed by atoms with van der Waals surface area (Å²) in [5.41, 5.74) is 0.497. The van der Waals surface area contributed by atoms with Crippen molar-refractivity contribution in [1.29, 1.82) is 0 Å². The normalized spacial score (nSPS) is 9.82. The number of benzene rings is 2. The maximum Gasteiger partial charge on any atom is 0.336 e. The number of carboxylic acid groups (broad SMARTS) is 1. The van der Waals surface area contributed by atoms with E-state index >= 15 is 0 Å². The number of carboxylic acids is 1. The number of anilines is 1. The summed E-state index contributed by atoms with van der Waals surface area (Å²) in [6, 6.07) is 12.3. The molecule has 0 heterocycles. The van der Waals surface area contributed by atoms with E-state index in [0.717, 1.165) is 6.08 Å². The Morgan fingerprint density at radius 1 is 0.909 bits per heavy atom. The average Bonchev–Trinajstić information content (AvgIpc) is 2.54. The van der Waals surface area contributed by atoms with Crippen molar-refractivity contribution in [2.24, 2.45) is 0 Å². The largest absolute Gasteiger partial charge is 0.478 e. The number of hydrogen-bond donors (Lipinski definition) is 2. The molecule has 0 spiro atoms. The van der Waals surface area contributed by atoms with E-state index in [1.54, 1.807) is 30.3 Å². The van der Waals surface area contributed by atoms with Crippen LogP contribution in [0.15, 0.2) is 61.2 Å². The van der Waals surface area contributed by atoms with Gasteiger partial charge in [-0.25, -0.2) is 4.79 Å². The molecule has 0 fully saturated rings. The van der Waals surface area contributed by atoms with Crippen LogP contribution in [0.1, 0.15) is 26.3 Å². The molecule has 0 aliphatic rings. The third-order valence-electron chi connectivity index (χ3n) is 3.02. The second-order valence-corrected chi connectivity index (χ2v) is 4.42. The van der Waals surface area contributed by atoms with E-state index in [2.05, 4.69) is 11.9 Å². The molecule has 0 radical (unpaired) electrons. The summed E-state index contributed by atoms with van der Waals surface area (Å²) in [4.78, 5) is 35.3. The van der Waals surface area contributed by atoms with Crippen molar-refractivity contribution in [3.05, 3.63) is 77.9 Å². The standard InChI is InChI=1S/C17H13NO4/c1-2-15(19)18-14-10-6-5-9-13(14)16(20)11-7-3-4-8-12(11)17(21)22/h2-10H,1H2,(H,18,19)(H,21,22). The van der Waals surface area contributed by atoms with Crippen molar-refractivity contribution < 1.29 is 19.5 Å². The van der Waals surface area contributed by atoms with Gasteiger partial charge in [0.05, 0.1) is 11.3 Å². The van der Waals surface area contributed by atoms with E-state index in [9.17, 15) is 19.5 Å². The van der Waals surface area contributed by atoms with Crippen LogP contribution in [0.5, 0.6) is 0 Å². The second-order valence-electron chi connectivity index (χ2n) is 4.42. The number of carbonyl (C=O) groups excluding carboxylic acids is 2. The quantitative estimate of drug-likeness (QED) is 0.656. The highest BCUT2D eigenvalue weighted by Crippen LogP contribution is 2.21. The van der Waals surface area contributed by atoms with Gasteiger partial charge in [0, 0.05) is 11.1 Å². The molecule has 22 heavy (non-hydrogen) atoms. The lowest BCUT2D eigenvalue weighted by molar-refractivity contribution is -0.111. The maximum absolute atomic E-state index is 12.6. The summed E-state index contributed by atoms with van der Waals surface area (Å²) < 4.78 is 0. The van der Waals surface area contributed by atoms with Crippen LogP contribution in [0, 0.1) is 0 Å². The highest BCUT2D eigenvalue weighted by molar-refractivity contribution is 6.18. The van der Waals surface area contributed by atoms with Crippen LogP contribution in [0.25, 0.3) is 0 Å². The van der Waals surface area contributed by atoms with Crippen molar-refractivity contribution in [2.45, 2.75) is 0 Å². The summed E-state index contributed by atoms with van der Waals surface area (Å²) in [5.74, 6) is -2.11. The van der Waals surface area contributed by atoms with Gasteiger partial charge in [-0.05, 0) is 24.3 Å². The van der Waals surface area contributed by atoms with E-state index < -0.39 is 17.7 Å². The molecule has 0 saturated carbocycles. The molecule has 1 amide bonds. The zero-order chi connectivity index (χ0) is 16.1. The highest BCUT2D eigenvalue weighted by atomic mass is 16.4. The lowest BCUT2D eigenvalue weighted by Crippen LogP contribution is -2.14. The molecule has 5 heteroatoms. The van der Waals surface area contributed by atoms with Gasteiger partial charge in [0.2, 0.25) is 5.91 Å². The van der Waals surface area contributed by atoms with Gasteiger partial charge >= 0.3 is 5.97 Å². The molecular weight excluding hydrogens is 282 g/mol. The van der Waals surface area contributed by atoms with Gasteiger partial charge in [-0.3, -0.25) is 9.59 Å². The number of hydrogen-bond acceptors (Lipinski definition) is 3. The third-order valence-corrected chi connectivity index (χ3v) is 3.02. The van der Waals surface area contributed by atoms with Crippen LogP contribution < -0.4 is 5.32 Å². The van der Waals surface area contributed by atoms with Gasteiger partial charge < -0.3 is 10.4 Å². The van der Waals surface area contributed by atoms with Crippen LogP contribution in [0.3, 0.4) is 0 Å². The summed E-state index contributed by atoms with van der Waals surface area (Å²) in [6.45, 7) is 3.35. The zero-order valence-corrected chi connectivity index (χ0v) is 11.6. The molecule has 0 aromatic heterocycles. The summed E-state index contributed by atoms with van der Waals surface area (Å²) in [7, 11) is 0. The molecule has 0 saturated heterocycles. The fraction of sp³-hybridized carbons (Fsp3) is 0. The number of nitrogens with one attached hydrogen (secondary N) is 1. The monoisotopic (exact) mass is 295 g/mol. The maximum atomic E-state index is 12.6. The van der Waals surface area contributed by atoms with Crippen LogP contribution in [-0.2, 0) is 4.79 Å². The highest BCUT2D eigenvalue weighted by Gasteiger charge is 2.19. The van der Waals surface area contributed by atoms with Crippen LogP contribution in [0.4, 0.5) is 5.69 Å². The first kappa shape index (κ1) is 15.2. The van der Waals surface area contributed by atoms with Gasteiger partial charge in [-0.1, -0.05) is 36.9 Å². The van der Waals surface area contributed by atoms with E-state index in [4.69, 9.17) is 0 Å². The summed E-state index contributed by atoms with van der Waals surface area (Å²) >= 11 is 0. The minimum atomic E-state index is -1.18. The molecule has 110 valence electrons. The first-order valence-electron chi connectivity index (χ1n) is 6.44. The molecule has 0 bridgehead atoms. The number of amides is 1. The van der Waals surface area contributed by atoms with E-state index in [0.29, 0.717) is 5.69 Å². The van der Waals surface area contributed by atoms with E-state index in [-0.39, 0.29) is 16.7 Å². The first-order chi connectivity index (χ1) is 10.5. The first-order valence-corrected chi connectivity index (χ1v) is 6.44. The number of rotatable bonds is 5. The molecule has 2 aromatic rings. The Balaban J connectivity index is 2.49. The topological polar surface area (TPSA) is 83.5 Å². The lowest BCUT2D eigenvalue weighted by Gasteiger charge is -2.10. The SMILES string of the molecule is C=CC(=O)Nc1ccccc1C(=O)c1ccccc1C(=O)O. The lowest BCUT2D eigenvalue weighted by atomic mass is 9.97. The Morgan fingerprint density at radius 2 is 1.45 bits per heavy atom. The predicted molar refractivity (Wildman–Crippen MR) is 82.1 cm³/mol. The molecule has 0 aliphatic carbocycles. The minimum Gasteiger partial charge on any atom is -0.478 e. The Labute approximate surface area is 126 Å². The van der Waals surface area contributed by atoms with Gasteiger partial charge in [-0.2, -0.15) is 0 Å². The van der Waals surface area contributed by atoms with Crippen LogP contribution in [0.2, 0.25) is 0 Å². The van der Waals surface area contributed by atoms with Crippen molar-refractivity contribution >= 4 is 23.3 Å². The Kier molecular flexibility index (Phi) is 4.48. The van der Waals surface area contributed by atoms with Gasteiger partial charge in [0.25, 0.3) is 0 Å². The molecule has 0 unspecified atom stereocenters. The van der Waals surface area contributed by atoms with Crippen LogP contribution in [-0.4, -0.2) is 22.8 Å². The fourth-order valence-electron chi connectivity index (χ4n) is 1.99. The number of para-hydroxylation sites is 1. The molecule has 2 N–H and O–H groups in total. The van der Waals surface area contributed by atoms with E-state index in [1.165, 1.54) is 18.2 Å². The second kappa shape index (κ2) is 6.49. The van der Waals surface area contributed by atoms with Gasteiger partial charge in [0.15, 0.2) is 5.78 Å². The number of aromatic carboxylic acids is 1. The molecule has 5 nitrogen and oxygen atoms in total. The zero-order valence-electron chi connectivity index (χ0n) is 11.6. The minimum absolute atomic E-state index is 0.0651. The molecule has 0 atom stereocenters. The average molecular weight is 295 g/mol. The smallest absolute Gasteiger partial charge is 0.336 e.